The number of carbonyl (C=O) groups is 1. The third kappa shape index (κ3) is 3.99. The summed E-state index contributed by atoms with van der Waals surface area (Å²) in [6.45, 7) is 13.9. The van der Waals surface area contributed by atoms with Crippen molar-refractivity contribution < 1.29 is 18.8 Å². The lowest BCUT2D eigenvalue weighted by Gasteiger charge is -2.32. The van der Waals surface area contributed by atoms with E-state index in [1.54, 1.807) is 0 Å². The van der Waals surface area contributed by atoms with Crippen LogP contribution in [0.3, 0.4) is 0 Å². The number of fused-ring (bicyclic) bond motifs is 1. The van der Waals surface area contributed by atoms with E-state index in [-0.39, 0.29) is 24.3 Å². The Hall–Kier alpha value is -1.59. The molecule has 1 aromatic rings. The van der Waals surface area contributed by atoms with E-state index in [2.05, 4.69) is 33.8 Å². The zero-order valence-electron chi connectivity index (χ0n) is 17.6. The molecule has 3 rings (SSSR count). The van der Waals surface area contributed by atoms with Gasteiger partial charge < -0.3 is 14.0 Å². The molecule has 0 amide bonds. The van der Waals surface area contributed by atoms with Crippen molar-refractivity contribution in [1.82, 2.24) is 0 Å². The largest absolute Gasteiger partial charge is 0.495 e. The van der Waals surface area contributed by atoms with Gasteiger partial charge in [0.15, 0.2) is 0 Å². The first-order chi connectivity index (χ1) is 12.4. The molecule has 1 fully saturated rings. The van der Waals surface area contributed by atoms with E-state index in [1.807, 2.05) is 39.0 Å². The van der Waals surface area contributed by atoms with Gasteiger partial charge in [0.1, 0.15) is 5.75 Å². The molecule has 2 aliphatic rings. The summed E-state index contributed by atoms with van der Waals surface area (Å²) in [5.41, 5.74) is 2.12. The molecule has 0 aromatic heterocycles. The van der Waals surface area contributed by atoms with E-state index < -0.39 is 5.41 Å². The first kappa shape index (κ1) is 20.2. The van der Waals surface area contributed by atoms with E-state index in [4.69, 9.17) is 14.0 Å². The van der Waals surface area contributed by atoms with Crippen molar-refractivity contribution in [1.29, 1.82) is 0 Å². The van der Waals surface area contributed by atoms with E-state index in [9.17, 15) is 4.79 Å². The molecule has 0 N–H and O–H groups in total. The normalized spacial score (nSPS) is 21.3. The quantitative estimate of drug-likeness (QED) is 0.418. The maximum absolute atomic E-state index is 12.2. The Balaban J connectivity index is 1.89. The van der Waals surface area contributed by atoms with E-state index in [0.29, 0.717) is 5.75 Å². The fraction of sp³-hybridized carbons (Fsp3) is 0.591. The lowest BCUT2D eigenvalue weighted by molar-refractivity contribution is -0.143. The van der Waals surface area contributed by atoms with Crippen LogP contribution in [0.2, 0.25) is 0 Å². The fourth-order valence-corrected chi connectivity index (χ4v) is 3.24. The molecule has 0 radical (unpaired) electrons. The summed E-state index contributed by atoms with van der Waals surface area (Å²) in [7, 11) is -0.380. The zero-order valence-corrected chi connectivity index (χ0v) is 17.6. The van der Waals surface area contributed by atoms with Crippen molar-refractivity contribution in [3.8, 4) is 5.75 Å². The Morgan fingerprint density at radius 1 is 1.11 bits per heavy atom. The number of ether oxygens (including phenoxy) is 1. The molecular formula is C22H31BO4. The minimum atomic E-state index is -0.527. The van der Waals surface area contributed by atoms with Crippen LogP contribution in [-0.2, 0) is 20.5 Å². The van der Waals surface area contributed by atoms with Crippen molar-refractivity contribution in [2.24, 2.45) is 5.41 Å². The lowest BCUT2D eigenvalue weighted by atomic mass is 9.72. The van der Waals surface area contributed by atoms with Gasteiger partial charge in [-0.1, -0.05) is 12.1 Å². The molecule has 1 aromatic carbocycles. The number of aryl methyl sites for hydroxylation is 1. The van der Waals surface area contributed by atoms with Crippen LogP contribution < -0.4 is 4.74 Å². The topological polar surface area (TPSA) is 44.8 Å². The van der Waals surface area contributed by atoms with Crippen LogP contribution in [0.1, 0.15) is 72.4 Å². The van der Waals surface area contributed by atoms with Crippen LogP contribution in [0, 0.1) is 5.41 Å². The molecule has 27 heavy (non-hydrogen) atoms. The van der Waals surface area contributed by atoms with Crippen LogP contribution in [0.5, 0.6) is 5.75 Å². The Labute approximate surface area is 163 Å². The second-order valence-electron chi connectivity index (χ2n) is 9.60. The Morgan fingerprint density at radius 2 is 1.74 bits per heavy atom. The molecular weight excluding hydrogens is 339 g/mol. The van der Waals surface area contributed by atoms with Crippen molar-refractivity contribution in [3.05, 3.63) is 35.4 Å². The van der Waals surface area contributed by atoms with Gasteiger partial charge in [0.2, 0.25) is 0 Å². The number of rotatable bonds is 2. The number of allylic oxidation sites excluding steroid dienone is 1. The molecule has 1 saturated heterocycles. The van der Waals surface area contributed by atoms with Gasteiger partial charge in [-0.2, -0.15) is 0 Å². The van der Waals surface area contributed by atoms with Gasteiger partial charge in [0.05, 0.1) is 16.6 Å². The SMILES string of the molecule is CC(C)(C)C(=O)Oc1ccc2c(c1)CCCC=C2B1OC(C)(C)C(C)(C)O1. The molecule has 0 unspecified atom stereocenters. The molecule has 1 heterocycles. The van der Waals surface area contributed by atoms with Gasteiger partial charge in [-0.15, -0.1) is 0 Å². The highest BCUT2D eigenvalue weighted by Crippen LogP contribution is 2.42. The van der Waals surface area contributed by atoms with Crippen molar-refractivity contribution in [2.45, 2.75) is 78.9 Å². The highest BCUT2D eigenvalue weighted by atomic mass is 16.7. The predicted molar refractivity (Wildman–Crippen MR) is 109 cm³/mol. The van der Waals surface area contributed by atoms with Crippen LogP contribution in [0.25, 0.3) is 5.47 Å². The standard InChI is InChI=1S/C22H31BO4/c1-20(2,3)19(24)25-16-12-13-17-15(14-16)10-8-9-11-18(17)23-26-21(4,5)22(6,7)27-23/h11-14H,8-10H2,1-7H3. The predicted octanol–water partition coefficient (Wildman–Crippen LogP) is 4.99. The van der Waals surface area contributed by atoms with Gasteiger partial charge >= 0.3 is 13.1 Å². The number of esters is 1. The van der Waals surface area contributed by atoms with Gasteiger partial charge in [-0.25, -0.2) is 0 Å². The number of hydrogen-bond donors (Lipinski definition) is 0. The molecule has 146 valence electrons. The molecule has 5 heteroatoms. The second-order valence-corrected chi connectivity index (χ2v) is 9.60. The highest BCUT2D eigenvalue weighted by Gasteiger charge is 2.52. The van der Waals surface area contributed by atoms with Crippen LogP contribution in [0.15, 0.2) is 24.3 Å². The van der Waals surface area contributed by atoms with E-state index in [1.165, 1.54) is 5.56 Å². The summed E-state index contributed by atoms with van der Waals surface area (Å²) in [6, 6.07) is 5.89. The zero-order chi connectivity index (χ0) is 20.0. The first-order valence-electron chi connectivity index (χ1n) is 9.82. The number of benzene rings is 1. The highest BCUT2D eigenvalue weighted by molar-refractivity contribution is 6.69. The van der Waals surface area contributed by atoms with Gasteiger partial charge in [0.25, 0.3) is 0 Å². The van der Waals surface area contributed by atoms with Gasteiger partial charge in [-0.3, -0.25) is 4.79 Å². The Bertz CT molecular complexity index is 755. The average molecular weight is 370 g/mol. The lowest BCUT2D eigenvalue weighted by Crippen LogP contribution is -2.41. The summed E-state index contributed by atoms with van der Waals surface area (Å²) in [5, 5.41) is 0. The van der Waals surface area contributed by atoms with Gasteiger partial charge in [-0.05, 0) is 96.5 Å². The van der Waals surface area contributed by atoms with E-state index >= 15 is 0 Å². The van der Waals surface area contributed by atoms with Crippen molar-refractivity contribution >= 4 is 18.6 Å². The third-order valence-electron chi connectivity index (χ3n) is 5.73. The second kappa shape index (κ2) is 6.79. The fourth-order valence-electron chi connectivity index (χ4n) is 3.24. The summed E-state index contributed by atoms with van der Waals surface area (Å²) < 4.78 is 18.2. The molecule has 0 atom stereocenters. The van der Waals surface area contributed by atoms with Gasteiger partial charge in [0, 0.05) is 0 Å². The maximum atomic E-state index is 12.2. The maximum Gasteiger partial charge on any atom is 0.495 e. The molecule has 1 aliphatic heterocycles. The first-order valence-corrected chi connectivity index (χ1v) is 9.82. The van der Waals surface area contributed by atoms with Crippen molar-refractivity contribution in [2.75, 3.05) is 0 Å². The number of hydrogen-bond acceptors (Lipinski definition) is 4. The molecule has 0 saturated carbocycles. The smallest absolute Gasteiger partial charge is 0.426 e. The number of carbonyl (C=O) groups excluding carboxylic acids is 1. The molecule has 0 spiro atoms. The molecule has 1 aliphatic carbocycles. The summed E-state index contributed by atoms with van der Waals surface area (Å²) in [6.07, 6.45) is 5.20. The van der Waals surface area contributed by atoms with Crippen LogP contribution in [-0.4, -0.2) is 24.3 Å². The summed E-state index contributed by atoms with van der Waals surface area (Å²) in [4.78, 5) is 12.2. The Kier molecular flexibility index (Phi) is 5.07. The van der Waals surface area contributed by atoms with Crippen LogP contribution in [0.4, 0.5) is 0 Å². The van der Waals surface area contributed by atoms with Crippen molar-refractivity contribution in [3.63, 3.8) is 0 Å². The third-order valence-corrected chi connectivity index (χ3v) is 5.73. The van der Waals surface area contributed by atoms with Crippen LogP contribution >= 0.6 is 0 Å². The average Bonchev–Trinajstić information content (AvgIpc) is 2.69. The minimum Gasteiger partial charge on any atom is -0.426 e. The summed E-state index contributed by atoms with van der Waals surface area (Å²) in [5.74, 6) is 0.377. The summed E-state index contributed by atoms with van der Waals surface area (Å²) >= 11 is 0. The monoisotopic (exact) mass is 370 g/mol. The molecule has 0 bridgehead atoms. The minimum absolute atomic E-state index is 0.224. The van der Waals surface area contributed by atoms with E-state index in [0.717, 1.165) is 30.3 Å². The Morgan fingerprint density at radius 3 is 2.33 bits per heavy atom. The molecule has 4 nitrogen and oxygen atoms in total.